The molecule has 0 spiro atoms. The fraction of sp³-hybridized carbons (Fsp3) is 0.259. The number of benzene rings is 3. The highest BCUT2D eigenvalue weighted by Gasteiger charge is 2.10. The quantitative estimate of drug-likeness (QED) is 0.370. The topological polar surface area (TPSA) is 59.6 Å². The molecule has 0 fully saturated rings. The molecule has 3 rings (SSSR count). The molecule has 172 valence electrons. The van der Waals surface area contributed by atoms with Crippen LogP contribution in [0.1, 0.15) is 36.2 Å². The summed E-state index contributed by atoms with van der Waals surface area (Å²) in [5.41, 5.74) is 2.45. The standard InChI is InChI=1S/C27H30N2O3S/c1-20(2)14-16-31-24-12-6-10-22(18-24)26(30)29-27(33)28-23-11-7-13-25(19-23)32-17-15-21-8-4-3-5-9-21/h3-13,18-20H,14-17H2,1-2H3,(H2,28,29,30,33). The van der Waals surface area contributed by atoms with Crippen LogP contribution < -0.4 is 20.1 Å². The molecule has 0 radical (unpaired) electrons. The second-order valence-corrected chi connectivity index (χ2v) is 8.49. The number of thiocarbonyl (C=S) groups is 1. The van der Waals surface area contributed by atoms with Crippen molar-refractivity contribution in [2.45, 2.75) is 26.7 Å². The number of carbonyl (C=O) groups excluding carboxylic acids is 1. The normalized spacial score (nSPS) is 10.5. The van der Waals surface area contributed by atoms with Crippen molar-refractivity contribution < 1.29 is 14.3 Å². The summed E-state index contributed by atoms with van der Waals surface area (Å²) in [7, 11) is 0. The van der Waals surface area contributed by atoms with Gasteiger partial charge >= 0.3 is 0 Å². The first-order valence-electron chi connectivity index (χ1n) is 11.1. The van der Waals surface area contributed by atoms with Crippen molar-refractivity contribution in [1.29, 1.82) is 0 Å². The second kappa shape index (κ2) is 12.6. The molecule has 2 N–H and O–H groups in total. The van der Waals surface area contributed by atoms with Crippen LogP contribution in [-0.4, -0.2) is 24.2 Å². The summed E-state index contributed by atoms with van der Waals surface area (Å²) in [6, 6.07) is 24.8. The molecule has 0 bridgehead atoms. The lowest BCUT2D eigenvalue weighted by Gasteiger charge is -2.12. The fourth-order valence-corrected chi connectivity index (χ4v) is 3.28. The largest absolute Gasteiger partial charge is 0.494 e. The van der Waals surface area contributed by atoms with Crippen LogP contribution in [0.2, 0.25) is 0 Å². The van der Waals surface area contributed by atoms with Crippen LogP contribution in [0.4, 0.5) is 5.69 Å². The van der Waals surface area contributed by atoms with E-state index in [0.29, 0.717) is 30.4 Å². The van der Waals surface area contributed by atoms with Crippen LogP contribution >= 0.6 is 12.2 Å². The number of amides is 1. The Kier molecular flexibility index (Phi) is 9.27. The van der Waals surface area contributed by atoms with Crippen LogP contribution in [0.25, 0.3) is 0 Å². The maximum atomic E-state index is 12.6. The maximum absolute atomic E-state index is 12.6. The summed E-state index contributed by atoms with van der Waals surface area (Å²) in [5, 5.41) is 5.97. The molecule has 0 atom stereocenters. The SMILES string of the molecule is CC(C)CCOc1cccc(C(=O)NC(=S)Nc2cccc(OCCc3ccccc3)c2)c1. The predicted molar refractivity (Wildman–Crippen MR) is 137 cm³/mol. The van der Waals surface area contributed by atoms with E-state index in [-0.39, 0.29) is 11.0 Å². The molecule has 0 saturated carbocycles. The van der Waals surface area contributed by atoms with Crippen LogP contribution in [0, 0.1) is 5.92 Å². The summed E-state index contributed by atoms with van der Waals surface area (Å²) in [6.45, 7) is 5.48. The van der Waals surface area contributed by atoms with Crippen molar-refractivity contribution >= 4 is 28.9 Å². The van der Waals surface area contributed by atoms with E-state index in [4.69, 9.17) is 21.7 Å². The first kappa shape index (κ1) is 24.3. The van der Waals surface area contributed by atoms with E-state index in [1.54, 1.807) is 18.2 Å². The van der Waals surface area contributed by atoms with Crippen molar-refractivity contribution in [3.63, 3.8) is 0 Å². The number of carbonyl (C=O) groups is 1. The van der Waals surface area contributed by atoms with Gasteiger partial charge in [-0.05, 0) is 60.5 Å². The van der Waals surface area contributed by atoms with Gasteiger partial charge in [0.05, 0.1) is 13.2 Å². The van der Waals surface area contributed by atoms with Gasteiger partial charge in [-0.2, -0.15) is 0 Å². The molecule has 0 aromatic heterocycles. The zero-order valence-electron chi connectivity index (χ0n) is 19.0. The molecule has 0 heterocycles. The third-order valence-corrected chi connectivity index (χ3v) is 5.09. The smallest absolute Gasteiger partial charge is 0.257 e. The third kappa shape index (κ3) is 8.58. The number of anilines is 1. The van der Waals surface area contributed by atoms with Gasteiger partial charge in [0.25, 0.3) is 5.91 Å². The van der Waals surface area contributed by atoms with Gasteiger partial charge in [0.1, 0.15) is 11.5 Å². The summed E-state index contributed by atoms with van der Waals surface area (Å²) < 4.78 is 11.6. The highest BCUT2D eigenvalue weighted by Crippen LogP contribution is 2.18. The van der Waals surface area contributed by atoms with E-state index >= 15 is 0 Å². The van der Waals surface area contributed by atoms with Gasteiger partial charge in [0, 0.05) is 23.7 Å². The highest BCUT2D eigenvalue weighted by atomic mass is 32.1. The fourth-order valence-electron chi connectivity index (χ4n) is 3.07. The Bertz CT molecular complexity index is 1050. The van der Waals surface area contributed by atoms with E-state index in [1.165, 1.54) is 5.56 Å². The molecule has 3 aromatic carbocycles. The predicted octanol–water partition coefficient (Wildman–Crippen LogP) is 5.86. The lowest BCUT2D eigenvalue weighted by Crippen LogP contribution is -2.34. The van der Waals surface area contributed by atoms with Gasteiger partial charge in [0.15, 0.2) is 5.11 Å². The molecular formula is C27H30N2O3S. The minimum Gasteiger partial charge on any atom is -0.494 e. The van der Waals surface area contributed by atoms with E-state index in [9.17, 15) is 4.79 Å². The molecular weight excluding hydrogens is 432 g/mol. The summed E-state index contributed by atoms with van der Waals surface area (Å²) in [4.78, 5) is 12.6. The van der Waals surface area contributed by atoms with Gasteiger partial charge in [-0.3, -0.25) is 10.1 Å². The highest BCUT2D eigenvalue weighted by molar-refractivity contribution is 7.80. The van der Waals surface area contributed by atoms with Crippen LogP contribution in [0.5, 0.6) is 11.5 Å². The summed E-state index contributed by atoms with van der Waals surface area (Å²) in [6.07, 6.45) is 1.78. The van der Waals surface area contributed by atoms with Gasteiger partial charge in [-0.25, -0.2) is 0 Å². The van der Waals surface area contributed by atoms with E-state index < -0.39 is 0 Å². The van der Waals surface area contributed by atoms with Crippen molar-refractivity contribution in [3.8, 4) is 11.5 Å². The van der Waals surface area contributed by atoms with Gasteiger partial charge in [-0.15, -0.1) is 0 Å². The Morgan fingerprint density at radius 2 is 1.58 bits per heavy atom. The minimum absolute atomic E-state index is 0.215. The van der Waals surface area contributed by atoms with Crippen molar-refractivity contribution in [2.75, 3.05) is 18.5 Å². The average Bonchev–Trinajstić information content (AvgIpc) is 2.80. The number of ether oxygens (including phenoxy) is 2. The molecule has 0 aliphatic heterocycles. The number of nitrogens with one attached hydrogen (secondary N) is 2. The van der Waals surface area contributed by atoms with Crippen LogP contribution in [-0.2, 0) is 6.42 Å². The molecule has 3 aromatic rings. The Morgan fingerprint density at radius 1 is 0.879 bits per heavy atom. The van der Waals surface area contributed by atoms with Crippen LogP contribution in [0.3, 0.4) is 0 Å². The third-order valence-electron chi connectivity index (χ3n) is 4.88. The van der Waals surface area contributed by atoms with Crippen molar-refractivity contribution in [2.24, 2.45) is 5.92 Å². The average molecular weight is 463 g/mol. The molecule has 5 nitrogen and oxygen atoms in total. The first-order valence-corrected chi connectivity index (χ1v) is 11.5. The second-order valence-electron chi connectivity index (χ2n) is 8.08. The molecule has 0 aliphatic carbocycles. The lowest BCUT2D eigenvalue weighted by atomic mass is 10.1. The molecule has 1 amide bonds. The zero-order valence-corrected chi connectivity index (χ0v) is 19.9. The zero-order chi connectivity index (χ0) is 23.5. The Hall–Kier alpha value is -3.38. The lowest BCUT2D eigenvalue weighted by molar-refractivity contribution is 0.0977. The molecule has 33 heavy (non-hydrogen) atoms. The Morgan fingerprint density at radius 3 is 2.33 bits per heavy atom. The van der Waals surface area contributed by atoms with E-state index in [2.05, 4.69) is 36.6 Å². The Balaban J connectivity index is 1.49. The van der Waals surface area contributed by atoms with Crippen molar-refractivity contribution in [3.05, 3.63) is 90.0 Å². The molecule has 6 heteroatoms. The van der Waals surface area contributed by atoms with Gasteiger partial charge in [0.2, 0.25) is 0 Å². The summed E-state index contributed by atoms with van der Waals surface area (Å²) in [5.74, 6) is 1.67. The number of hydrogen-bond acceptors (Lipinski definition) is 4. The first-order chi connectivity index (χ1) is 16.0. The summed E-state index contributed by atoms with van der Waals surface area (Å²) >= 11 is 5.32. The van der Waals surface area contributed by atoms with E-state index in [1.807, 2.05) is 48.5 Å². The molecule has 0 saturated heterocycles. The Labute approximate surface area is 201 Å². The number of hydrogen-bond donors (Lipinski definition) is 2. The molecule has 0 aliphatic rings. The van der Waals surface area contributed by atoms with Gasteiger partial charge in [-0.1, -0.05) is 56.3 Å². The van der Waals surface area contributed by atoms with E-state index in [0.717, 1.165) is 24.3 Å². The minimum atomic E-state index is -0.294. The number of rotatable bonds is 10. The monoisotopic (exact) mass is 462 g/mol. The van der Waals surface area contributed by atoms with Crippen molar-refractivity contribution in [1.82, 2.24) is 5.32 Å². The molecule has 0 unspecified atom stereocenters. The van der Waals surface area contributed by atoms with Crippen LogP contribution in [0.15, 0.2) is 78.9 Å². The maximum Gasteiger partial charge on any atom is 0.257 e. The van der Waals surface area contributed by atoms with Gasteiger partial charge < -0.3 is 14.8 Å².